The average molecular weight is 254 g/mol. The number of pyridine rings is 1. The van der Waals surface area contributed by atoms with E-state index in [4.69, 9.17) is 4.74 Å². The number of aryl methyl sites for hydroxylation is 1. The van der Waals surface area contributed by atoms with Crippen molar-refractivity contribution in [1.29, 1.82) is 0 Å². The third-order valence-electron chi connectivity index (χ3n) is 3.67. The van der Waals surface area contributed by atoms with Gasteiger partial charge in [-0.15, -0.1) is 0 Å². The number of fused-ring (bicyclic) bond motifs is 2. The molecule has 2 aromatic rings. The van der Waals surface area contributed by atoms with Crippen molar-refractivity contribution >= 4 is 0 Å². The molecule has 2 heterocycles. The van der Waals surface area contributed by atoms with Crippen LogP contribution in [-0.4, -0.2) is 18.6 Å². The summed E-state index contributed by atoms with van der Waals surface area (Å²) >= 11 is 0. The lowest BCUT2D eigenvalue weighted by Crippen LogP contribution is -2.19. The fraction of sp³-hybridized carbons (Fsp3) is 0.312. The maximum atomic E-state index is 6.07. The van der Waals surface area contributed by atoms with Crippen LogP contribution < -0.4 is 10.1 Å². The Hall–Kier alpha value is -1.87. The van der Waals surface area contributed by atoms with Gasteiger partial charge in [-0.2, -0.15) is 0 Å². The first kappa shape index (κ1) is 12.2. The molecule has 0 radical (unpaired) electrons. The summed E-state index contributed by atoms with van der Waals surface area (Å²) in [4.78, 5) is 4.53. The van der Waals surface area contributed by atoms with Crippen LogP contribution in [0.15, 0.2) is 36.5 Å². The molecule has 0 spiro atoms. The molecule has 0 aliphatic carbocycles. The fourth-order valence-corrected chi connectivity index (χ4v) is 2.71. The molecule has 3 rings (SSSR count). The van der Waals surface area contributed by atoms with E-state index in [1.54, 1.807) is 0 Å². The Morgan fingerprint density at radius 2 is 2.11 bits per heavy atom. The molecule has 0 saturated carbocycles. The van der Waals surface area contributed by atoms with Gasteiger partial charge < -0.3 is 10.1 Å². The van der Waals surface area contributed by atoms with E-state index >= 15 is 0 Å². The number of nitrogens with one attached hydrogen (secondary N) is 1. The zero-order valence-corrected chi connectivity index (χ0v) is 11.3. The van der Waals surface area contributed by atoms with Crippen LogP contribution in [0.4, 0.5) is 0 Å². The second-order valence-electron chi connectivity index (χ2n) is 5.00. The maximum Gasteiger partial charge on any atom is 0.149 e. The molecule has 1 aliphatic heterocycles. The molecule has 1 aromatic carbocycles. The van der Waals surface area contributed by atoms with Crippen LogP contribution in [0.3, 0.4) is 0 Å². The van der Waals surface area contributed by atoms with E-state index in [0.29, 0.717) is 5.92 Å². The van der Waals surface area contributed by atoms with Gasteiger partial charge in [0.1, 0.15) is 11.5 Å². The predicted octanol–water partition coefficient (Wildman–Crippen LogP) is 3.04. The minimum atomic E-state index is 0.351. The van der Waals surface area contributed by atoms with Crippen LogP contribution in [-0.2, 0) is 6.42 Å². The Labute approximate surface area is 113 Å². The predicted molar refractivity (Wildman–Crippen MR) is 75.9 cm³/mol. The van der Waals surface area contributed by atoms with Gasteiger partial charge in [0.25, 0.3) is 0 Å². The first-order valence-corrected chi connectivity index (χ1v) is 6.65. The van der Waals surface area contributed by atoms with E-state index in [-0.39, 0.29) is 0 Å². The normalized spacial score (nSPS) is 17.1. The first-order chi connectivity index (χ1) is 9.29. The van der Waals surface area contributed by atoms with Crippen molar-refractivity contribution in [3.05, 3.63) is 53.3 Å². The summed E-state index contributed by atoms with van der Waals surface area (Å²) in [5.41, 5.74) is 3.62. The molecular weight excluding hydrogens is 236 g/mol. The minimum Gasteiger partial charge on any atom is -0.455 e. The summed E-state index contributed by atoms with van der Waals surface area (Å²) in [6, 6.07) is 10.2. The monoisotopic (exact) mass is 254 g/mol. The van der Waals surface area contributed by atoms with Crippen molar-refractivity contribution in [2.75, 3.05) is 13.6 Å². The van der Waals surface area contributed by atoms with Gasteiger partial charge in [0, 0.05) is 18.7 Å². The van der Waals surface area contributed by atoms with E-state index in [2.05, 4.69) is 23.3 Å². The number of nitrogens with zero attached hydrogens (tertiary/aromatic N) is 1. The lowest BCUT2D eigenvalue weighted by molar-refractivity contribution is 0.473. The number of hydrogen-bond donors (Lipinski definition) is 1. The van der Waals surface area contributed by atoms with Crippen molar-refractivity contribution in [3.63, 3.8) is 0 Å². The van der Waals surface area contributed by atoms with Gasteiger partial charge >= 0.3 is 0 Å². The molecule has 0 unspecified atom stereocenters. The minimum absolute atomic E-state index is 0.351. The van der Waals surface area contributed by atoms with Crippen molar-refractivity contribution < 1.29 is 4.74 Å². The van der Waals surface area contributed by atoms with Crippen LogP contribution in [0, 0.1) is 6.92 Å². The Balaban J connectivity index is 2.12. The van der Waals surface area contributed by atoms with Gasteiger partial charge in [0.15, 0.2) is 0 Å². The number of aromatic nitrogens is 1. The zero-order valence-electron chi connectivity index (χ0n) is 11.3. The highest BCUT2D eigenvalue weighted by Gasteiger charge is 2.24. The highest BCUT2D eigenvalue weighted by Crippen LogP contribution is 2.38. The summed E-state index contributed by atoms with van der Waals surface area (Å²) in [7, 11) is 1.98. The Bertz CT molecular complexity index is 595. The lowest BCUT2D eigenvalue weighted by atomic mass is 9.93. The SMILES string of the molecule is CNC[C@H]1Cc2c(C)cccc2Oc2cccnc21. The van der Waals surface area contributed by atoms with Crippen molar-refractivity contribution in [1.82, 2.24) is 10.3 Å². The third kappa shape index (κ3) is 2.22. The molecule has 3 heteroatoms. The van der Waals surface area contributed by atoms with Gasteiger partial charge in [-0.3, -0.25) is 4.98 Å². The second-order valence-corrected chi connectivity index (χ2v) is 5.00. The van der Waals surface area contributed by atoms with Gasteiger partial charge in [-0.25, -0.2) is 0 Å². The maximum absolute atomic E-state index is 6.07. The molecule has 19 heavy (non-hydrogen) atoms. The van der Waals surface area contributed by atoms with E-state index < -0.39 is 0 Å². The topological polar surface area (TPSA) is 34.1 Å². The molecule has 0 bridgehead atoms. The van der Waals surface area contributed by atoms with E-state index in [9.17, 15) is 0 Å². The largest absolute Gasteiger partial charge is 0.455 e. The van der Waals surface area contributed by atoms with Crippen LogP contribution in [0.5, 0.6) is 11.5 Å². The number of rotatable bonds is 2. The number of hydrogen-bond acceptors (Lipinski definition) is 3. The Kier molecular flexibility index (Phi) is 3.22. The average Bonchev–Trinajstić information content (AvgIpc) is 2.57. The number of benzene rings is 1. The summed E-state index contributed by atoms with van der Waals surface area (Å²) in [6.07, 6.45) is 2.81. The number of likely N-dealkylation sites (N-methyl/N-ethyl adjacent to an activating group) is 1. The first-order valence-electron chi connectivity index (χ1n) is 6.65. The van der Waals surface area contributed by atoms with Crippen LogP contribution in [0.1, 0.15) is 22.7 Å². The highest BCUT2D eigenvalue weighted by molar-refractivity contribution is 5.47. The zero-order chi connectivity index (χ0) is 13.2. The van der Waals surface area contributed by atoms with Gasteiger partial charge in [-0.1, -0.05) is 12.1 Å². The quantitative estimate of drug-likeness (QED) is 0.894. The molecule has 3 nitrogen and oxygen atoms in total. The molecule has 1 N–H and O–H groups in total. The summed E-state index contributed by atoms with van der Waals surface area (Å²) in [5.74, 6) is 2.20. The van der Waals surface area contributed by atoms with Crippen LogP contribution in [0.25, 0.3) is 0 Å². The summed E-state index contributed by atoms with van der Waals surface area (Å²) < 4.78 is 6.07. The Morgan fingerprint density at radius 3 is 2.95 bits per heavy atom. The molecule has 1 aliphatic rings. The summed E-state index contributed by atoms with van der Waals surface area (Å²) in [5, 5.41) is 3.26. The lowest BCUT2D eigenvalue weighted by Gasteiger charge is -2.15. The van der Waals surface area contributed by atoms with Crippen molar-refractivity contribution in [3.8, 4) is 11.5 Å². The molecule has 98 valence electrons. The van der Waals surface area contributed by atoms with Crippen molar-refractivity contribution in [2.24, 2.45) is 0 Å². The fourth-order valence-electron chi connectivity index (χ4n) is 2.71. The van der Waals surface area contributed by atoms with Crippen molar-refractivity contribution in [2.45, 2.75) is 19.3 Å². The summed E-state index contributed by atoms with van der Waals surface area (Å²) in [6.45, 7) is 3.04. The molecule has 1 atom stereocenters. The van der Waals surface area contributed by atoms with Gasteiger partial charge in [-0.05, 0) is 49.7 Å². The smallest absolute Gasteiger partial charge is 0.149 e. The third-order valence-corrected chi connectivity index (χ3v) is 3.67. The molecule has 0 saturated heterocycles. The Morgan fingerprint density at radius 1 is 1.26 bits per heavy atom. The molecular formula is C16H18N2O. The van der Waals surface area contributed by atoms with Crippen LogP contribution >= 0.6 is 0 Å². The molecule has 0 amide bonds. The van der Waals surface area contributed by atoms with Gasteiger partial charge in [0.2, 0.25) is 0 Å². The van der Waals surface area contributed by atoms with E-state index in [0.717, 1.165) is 30.2 Å². The van der Waals surface area contributed by atoms with Crippen LogP contribution in [0.2, 0.25) is 0 Å². The number of ether oxygens (including phenoxy) is 1. The highest BCUT2D eigenvalue weighted by atomic mass is 16.5. The van der Waals surface area contributed by atoms with Gasteiger partial charge in [0.05, 0.1) is 5.69 Å². The molecule has 1 aromatic heterocycles. The van der Waals surface area contributed by atoms with E-state index in [1.165, 1.54) is 11.1 Å². The second kappa shape index (κ2) is 5.02. The standard InChI is InChI=1S/C16H18N2O/c1-11-5-3-6-14-13(11)9-12(10-17-2)16-15(19-14)7-4-8-18-16/h3-8,12,17H,9-10H2,1-2H3/t12-/m1/s1. The molecule has 0 fully saturated rings. The van der Waals surface area contributed by atoms with E-state index in [1.807, 2.05) is 37.5 Å².